The van der Waals surface area contributed by atoms with E-state index in [9.17, 15) is 4.79 Å². The summed E-state index contributed by atoms with van der Waals surface area (Å²) in [6.07, 6.45) is 1.74. The first-order valence-electron chi connectivity index (χ1n) is 8.26. The van der Waals surface area contributed by atoms with E-state index in [1.807, 2.05) is 36.4 Å². The minimum atomic E-state index is -0.362. The zero-order valence-corrected chi connectivity index (χ0v) is 13.7. The minimum Gasteiger partial charge on any atom is -0.464 e. The smallest absolute Gasteiger partial charge is 0.315 e. The van der Waals surface area contributed by atoms with E-state index in [0.717, 1.165) is 27.3 Å². The summed E-state index contributed by atoms with van der Waals surface area (Å²) in [5, 5.41) is 3.11. The lowest BCUT2D eigenvalue weighted by atomic mass is 10.0. The van der Waals surface area contributed by atoms with Crippen LogP contribution in [0.5, 0.6) is 17.2 Å². The summed E-state index contributed by atoms with van der Waals surface area (Å²) in [7, 11) is 0. The Morgan fingerprint density at radius 1 is 1.00 bits per heavy atom. The highest BCUT2D eigenvalue weighted by Gasteiger charge is 2.17. The predicted molar refractivity (Wildman–Crippen MR) is 95.6 cm³/mol. The molecule has 0 saturated carbocycles. The molecule has 5 heteroatoms. The van der Waals surface area contributed by atoms with E-state index < -0.39 is 0 Å². The Labute approximate surface area is 148 Å². The summed E-state index contributed by atoms with van der Waals surface area (Å²) < 4.78 is 21.6. The highest BCUT2D eigenvalue weighted by Crippen LogP contribution is 2.35. The molecule has 2 heterocycles. The number of hydrogen-bond acceptors (Lipinski definition) is 5. The summed E-state index contributed by atoms with van der Waals surface area (Å²) in [6.45, 7) is 0.181. The van der Waals surface area contributed by atoms with Crippen LogP contribution in [0.2, 0.25) is 0 Å². The Bertz CT molecular complexity index is 1140. The van der Waals surface area contributed by atoms with Crippen LogP contribution in [-0.2, 0) is 11.2 Å². The standard InChI is InChI=1S/C21H14O5/c22-20(26-15-6-8-17-19(10-15)25-12-24-17)9-14-11-23-18-7-5-13-3-1-2-4-16(13)21(14)18/h1-8,10-11H,9,12H2. The van der Waals surface area contributed by atoms with Crippen molar-refractivity contribution in [3.05, 3.63) is 66.4 Å². The summed E-state index contributed by atoms with van der Waals surface area (Å²) in [5.74, 6) is 1.29. The lowest BCUT2D eigenvalue weighted by molar-refractivity contribution is -0.133. The molecule has 1 aliphatic rings. The quantitative estimate of drug-likeness (QED) is 0.405. The van der Waals surface area contributed by atoms with Crippen LogP contribution < -0.4 is 14.2 Å². The molecule has 0 N–H and O–H groups in total. The minimum absolute atomic E-state index is 0.120. The molecule has 128 valence electrons. The van der Waals surface area contributed by atoms with Crippen molar-refractivity contribution in [2.24, 2.45) is 0 Å². The second-order valence-electron chi connectivity index (χ2n) is 6.09. The van der Waals surface area contributed by atoms with Gasteiger partial charge in [0.2, 0.25) is 6.79 Å². The molecule has 0 radical (unpaired) electrons. The maximum atomic E-state index is 12.4. The van der Waals surface area contributed by atoms with Crippen LogP contribution in [-0.4, -0.2) is 12.8 Å². The van der Waals surface area contributed by atoms with Crippen LogP contribution in [0.15, 0.2) is 65.3 Å². The third kappa shape index (κ3) is 2.45. The molecular weight excluding hydrogens is 332 g/mol. The number of ether oxygens (including phenoxy) is 3. The fraction of sp³-hybridized carbons (Fsp3) is 0.0952. The molecule has 5 rings (SSSR count). The fourth-order valence-corrected chi connectivity index (χ4v) is 3.27. The largest absolute Gasteiger partial charge is 0.464 e. The summed E-state index contributed by atoms with van der Waals surface area (Å²) >= 11 is 0. The number of fused-ring (bicyclic) bond motifs is 4. The van der Waals surface area contributed by atoms with E-state index in [-0.39, 0.29) is 19.2 Å². The number of carbonyl (C=O) groups is 1. The molecule has 26 heavy (non-hydrogen) atoms. The number of benzene rings is 3. The molecule has 0 amide bonds. The zero-order valence-electron chi connectivity index (χ0n) is 13.7. The van der Waals surface area contributed by atoms with Crippen LogP contribution in [0.25, 0.3) is 21.7 Å². The van der Waals surface area contributed by atoms with Gasteiger partial charge in [-0.3, -0.25) is 4.79 Å². The topological polar surface area (TPSA) is 57.9 Å². The van der Waals surface area contributed by atoms with Gasteiger partial charge in [0.05, 0.1) is 12.7 Å². The van der Waals surface area contributed by atoms with E-state index >= 15 is 0 Å². The summed E-state index contributed by atoms with van der Waals surface area (Å²) in [6, 6.07) is 17.0. The van der Waals surface area contributed by atoms with Crippen molar-refractivity contribution < 1.29 is 23.4 Å². The predicted octanol–water partition coefficient (Wildman–Crippen LogP) is 4.46. The number of esters is 1. The van der Waals surface area contributed by atoms with Crippen LogP contribution in [0.4, 0.5) is 0 Å². The zero-order chi connectivity index (χ0) is 17.5. The first-order chi connectivity index (χ1) is 12.8. The van der Waals surface area contributed by atoms with Crippen molar-refractivity contribution in [1.82, 2.24) is 0 Å². The third-order valence-electron chi connectivity index (χ3n) is 4.45. The van der Waals surface area contributed by atoms with E-state index in [1.165, 1.54) is 0 Å². The van der Waals surface area contributed by atoms with Gasteiger partial charge in [-0.05, 0) is 29.0 Å². The molecule has 5 nitrogen and oxygen atoms in total. The average molecular weight is 346 g/mol. The maximum Gasteiger partial charge on any atom is 0.315 e. The Morgan fingerprint density at radius 2 is 1.88 bits per heavy atom. The molecule has 0 saturated heterocycles. The fourth-order valence-electron chi connectivity index (χ4n) is 3.27. The monoisotopic (exact) mass is 346 g/mol. The van der Waals surface area contributed by atoms with Gasteiger partial charge in [-0.25, -0.2) is 0 Å². The van der Waals surface area contributed by atoms with Crippen molar-refractivity contribution in [3.63, 3.8) is 0 Å². The highest BCUT2D eigenvalue weighted by atomic mass is 16.7. The molecule has 1 aromatic heterocycles. The average Bonchev–Trinajstić information content (AvgIpc) is 3.28. The van der Waals surface area contributed by atoms with Crippen molar-refractivity contribution >= 4 is 27.7 Å². The SMILES string of the molecule is O=C(Cc1coc2ccc3ccccc3c12)Oc1ccc2c(c1)OCO2. The Balaban J connectivity index is 1.44. The molecule has 0 spiro atoms. The number of furan rings is 1. The lowest BCUT2D eigenvalue weighted by Crippen LogP contribution is -2.10. The molecule has 0 bridgehead atoms. The van der Waals surface area contributed by atoms with Gasteiger partial charge in [-0.2, -0.15) is 0 Å². The second kappa shape index (κ2) is 5.81. The Hall–Kier alpha value is -3.47. The van der Waals surface area contributed by atoms with Crippen LogP contribution in [0.1, 0.15) is 5.56 Å². The summed E-state index contributed by atoms with van der Waals surface area (Å²) in [4.78, 5) is 12.4. The van der Waals surface area contributed by atoms with Gasteiger partial charge in [0.15, 0.2) is 11.5 Å². The normalized spacial score (nSPS) is 12.6. The maximum absolute atomic E-state index is 12.4. The van der Waals surface area contributed by atoms with Crippen LogP contribution in [0, 0.1) is 0 Å². The van der Waals surface area contributed by atoms with Gasteiger partial charge in [0, 0.05) is 17.0 Å². The number of hydrogen-bond donors (Lipinski definition) is 0. The van der Waals surface area contributed by atoms with Gasteiger partial charge in [0.1, 0.15) is 11.3 Å². The molecule has 1 aliphatic heterocycles. The van der Waals surface area contributed by atoms with E-state index in [4.69, 9.17) is 18.6 Å². The first kappa shape index (κ1) is 14.8. The molecule has 0 atom stereocenters. The van der Waals surface area contributed by atoms with Gasteiger partial charge in [-0.1, -0.05) is 30.3 Å². The van der Waals surface area contributed by atoms with Crippen molar-refractivity contribution in [2.75, 3.05) is 6.79 Å². The van der Waals surface area contributed by atoms with E-state index in [1.54, 1.807) is 24.5 Å². The van der Waals surface area contributed by atoms with Gasteiger partial charge in [-0.15, -0.1) is 0 Å². The van der Waals surface area contributed by atoms with Gasteiger partial charge < -0.3 is 18.6 Å². The third-order valence-corrected chi connectivity index (χ3v) is 4.45. The molecule has 0 aliphatic carbocycles. The number of rotatable bonds is 3. The van der Waals surface area contributed by atoms with Crippen molar-refractivity contribution in [1.29, 1.82) is 0 Å². The second-order valence-corrected chi connectivity index (χ2v) is 6.09. The van der Waals surface area contributed by atoms with Crippen molar-refractivity contribution in [2.45, 2.75) is 6.42 Å². The molecule has 0 fully saturated rings. The Kier molecular flexibility index (Phi) is 3.31. The van der Waals surface area contributed by atoms with Gasteiger partial charge >= 0.3 is 5.97 Å². The van der Waals surface area contributed by atoms with Crippen molar-refractivity contribution in [3.8, 4) is 17.2 Å². The summed E-state index contributed by atoms with van der Waals surface area (Å²) in [5.41, 5.74) is 1.57. The Morgan fingerprint density at radius 3 is 2.85 bits per heavy atom. The van der Waals surface area contributed by atoms with E-state index in [2.05, 4.69) is 0 Å². The first-order valence-corrected chi connectivity index (χ1v) is 8.26. The number of carbonyl (C=O) groups excluding carboxylic acids is 1. The van der Waals surface area contributed by atoms with Crippen LogP contribution >= 0.6 is 0 Å². The molecule has 4 aromatic rings. The van der Waals surface area contributed by atoms with Crippen LogP contribution in [0.3, 0.4) is 0 Å². The molecule has 0 unspecified atom stereocenters. The lowest BCUT2D eigenvalue weighted by Gasteiger charge is -2.05. The highest BCUT2D eigenvalue weighted by molar-refractivity contribution is 6.08. The van der Waals surface area contributed by atoms with E-state index in [0.29, 0.717) is 17.2 Å². The van der Waals surface area contributed by atoms with Gasteiger partial charge in [0.25, 0.3) is 0 Å². The molecule has 3 aromatic carbocycles. The molecular formula is C21H14O5.